The van der Waals surface area contributed by atoms with Crippen LogP contribution in [-0.4, -0.2) is 46.7 Å². The van der Waals surface area contributed by atoms with Crippen molar-refractivity contribution in [3.8, 4) is 0 Å². The number of rotatable bonds is 13. The van der Waals surface area contributed by atoms with E-state index in [0.717, 1.165) is 36.1 Å². The van der Waals surface area contributed by atoms with Crippen molar-refractivity contribution < 1.29 is 14.3 Å². The summed E-state index contributed by atoms with van der Waals surface area (Å²) in [6, 6.07) is 9.58. The third kappa shape index (κ3) is 7.42. The van der Waals surface area contributed by atoms with Crippen LogP contribution in [0.25, 0.3) is 11.0 Å². The highest BCUT2D eigenvalue weighted by Gasteiger charge is 2.26. The van der Waals surface area contributed by atoms with Crippen molar-refractivity contribution in [3.05, 3.63) is 52.0 Å². The van der Waals surface area contributed by atoms with E-state index in [2.05, 4.69) is 46.6 Å². The van der Waals surface area contributed by atoms with Gasteiger partial charge in [-0.1, -0.05) is 33.8 Å². The second-order valence-corrected chi connectivity index (χ2v) is 11.7. The van der Waals surface area contributed by atoms with Gasteiger partial charge in [-0.15, -0.1) is 11.3 Å². The molecule has 0 aliphatic rings. The fourth-order valence-electron chi connectivity index (χ4n) is 4.48. The van der Waals surface area contributed by atoms with Gasteiger partial charge in [-0.2, -0.15) is 0 Å². The fourth-order valence-corrected chi connectivity index (χ4v) is 5.19. The van der Waals surface area contributed by atoms with Gasteiger partial charge in [0.15, 0.2) is 0 Å². The van der Waals surface area contributed by atoms with Gasteiger partial charge < -0.3 is 19.9 Å². The van der Waals surface area contributed by atoms with Crippen LogP contribution >= 0.6 is 11.3 Å². The maximum Gasteiger partial charge on any atom is 0.252 e. The van der Waals surface area contributed by atoms with E-state index in [1.165, 1.54) is 4.88 Å². The van der Waals surface area contributed by atoms with Crippen molar-refractivity contribution in [2.45, 2.75) is 84.9 Å². The summed E-state index contributed by atoms with van der Waals surface area (Å²) in [6.07, 6.45) is 3.32. The van der Waals surface area contributed by atoms with E-state index in [-0.39, 0.29) is 17.7 Å². The maximum atomic E-state index is 13.3. The lowest BCUT2D eigenvalue weighted by atomic mass is 10.0. The minimum absolute atomic E-state index is 0.204. The highest BCUT2D eigenvalue weighted by molar-refractivity contribution is 7.09. The third-order valence-corrected chi connectivity index (χ3v) is 7.69. The van der Waals surface area contributed by atoms with Crippen LogP contribution in [0.5, 0.6) is 0 Å². The molecule has 3 aromatic rings. The minimum Gasteiger partial charge on any atom is -0.377 e. The lowest BCUT2D eigenvalue weighted by Crippen LogP contribution is -2.50. The van der Waals surface area contributed by atoms with Gasteiger partial charge in [0, 0.05) is 36.6 Å². The number of imidazole rings is 1. The summed E-state index contributed by atoms with van der Waals surface area (Å²) in [7, 11) is 1.62. The molecule has 2 heterocycles. The first-order valence-electron chi connectivity index (χ1n) is 13.2. The zero-order valence-corrected chi connectivity index (χ0v) is 24.1. The Bertz CT molecular complexity index is 1180. The summed E-state index contributed by atoms with van der Waals surface area (Å²) in [5, 5.41) is 7.98. The molecule has 0 bridgehead atoms. The molecule has 0 spiro atoms. The van der Waals surface area contributed by atoms with Gasteiger partial charge in [-0.05, 0) is 68.7 Å². The Hall–Kier alpha value is -2.71. The number of carbonyl (C=O) groups excluding carboxylic acids is 2. The van der Waals surface area contributed by atoms with Crippen LogP contribution in [0, 0.1) is 5.92 Å². The zero-order valence-electron chi connectivity index (χ0n) is 23.3. The molecule has 0 fully saturated rings. The number of amides is 2. The van der Waals surface area contributed by atoms with Crippen LogP contribution in [0.2, 0.25) is 0 Å². The van der Waals surface area contributed by atoms with Crippen LogP contribution in [0.1, 0.15) is 87.9 Å². The SMILES string of the molecule is CCC(CC)n1c(Cc2cccs2)nc2cc(C(=O)N[C@@H](CC(C)C)C(=O)NCC(C)(C)OC)ccc21. The first-order chi connectivity index (χ1) is 17.6. The van der Waals surface area contributed by atoms with Gasteiger partial charge in [-0.3, -0.25) is 9.59 Å². The molecule has 2 amide bonds. The Kier molecular flexibility index (Phi) is 9.90. The minimum atomic E-state index is -0.632. The number of fused-ring (bicyclic) bond motifs is 1. The fraction of sp³-hybridized carbons (Fsp3) is 0.552. The van der Waals surface area contributed by atoms with E-state index >= 15 is 0 Å². The molecule has 0 radical (unpaired) electrons. The van der Waals surface area contributed by atoms with Crippen molar-refractivity contribution in [2.75, 3.05) is 13.7 Å². The molecule has 2 aromatic heterocycles. The number of benzene rings is 1. The quantitative estimate of drug-likeness (QED) is 0.298. The highest BCUT2D eigenvalue weighted by atomic mass is 32.1. The normalized spacial score (nSPS) is 12.9. The van der Waals surface area contributed by atoms with Crippen LogP contribution in [0.4, 0.5) is 0 Å². The Morgan fingerprint density at radius 1 is 1.16 bits per heavy atom. The Morgan fingerprint density at radius 3 is 2.49 bits per heavy atom. The second kappa shape index (κ2) is 12.7. The van der Waals surface area contributed by atoms with Gasteiger partial charge >= 0.3 is 0 Å². The van der Waals surface area contributed by atoms with Crippen molar-refractivity contribution in [1.82, 2.24) is 20.2 Å². The maximum absolute atomic E-state index is 13.3. The summed E-state index contributed by atoms with van der Waals surface area (Å²) in [5.74, 6) is 0.779. The predicted molar refractivity (Wildman–Crippen MR) is 151 cm³/mol. The van der Waals surface area contributed by atoms with Gasteiger partial charge in [0.25, 0.3) is 5.91 Å². The van der Waals surface area contributed by atoms with Gasteiger partial charge in [0.05, 0.1) is 16.6 Å². The molecule has 0 saturated carbocycles. The van der Waals surface area contributed by atoms with Crippen molar-refractivity contribution >= 4 is 34.2 Å². The van der Waals surface area contributed by atoms with Crippen LogP contribution in [0.15, 0.2) is 35.7 Å². The van der Waals surface area contributed by atoms with Crippen molar-refractivity contribution in [1.29, 1.82) is 0 Å². The largest absolute Gasteiger partial charge is 0.377 e. The van der Waals surface area contributed by atoms with E-state index in [0.29, 0.717) is 24.6 Å². The summed E-state index contributed by atoms with van der Waals surface area (Å²) >= 11 is 1.73. The molecule has 7 nitrogen and oxygen atoms in total. The molecular formula is C29H42N4O3S. The molecule has 0 unspecified atom stereocenters. The average Bonchev–Trinajstić information content (AvgIpc) is 3.50. The van der Waals surface area contributed by atoms with E-state index in [1.54, 1.807) is 18.4 Å². The number of ether oxygens (including phenoxy) is 1. The number of hydrogen-bond donors (Lipinski definition) is 2. The summed E-state index contributed by atoms with van der Waals surface area (Å²) in [6.45, 7) is 12.7. The first-order valence-corrected chi connectivity index (χ1v) is 14.1. The second-order valence-electron chi connectivity index (χ2n) is 10.7. The first kappa shape index (κ1) is 28.9. The molecule has 1 atom stereocenters. The smallest absolute Gasteiger partial charge is 0.252 e. The molecule has 2 N–H and O–H groups in total. The third-order valence-electron chi connectivity index (χ3n) is 6.81. The summed E-state index contributed by atoms with van der Waals surface area (Å²) in [4.78, 5) is 32.5. The van der Waals surface area contributed by atoms with Gasteiger partial charge in [0.1, 0.15) is 11.9 Å². The van der Waals surface area contributed by atoms with Crippen molar-refractivity contribution in [2.24, 2.45) is 5.92 Å². The molecule has 8 heteroatoms. The predicted octanol–water partition coefficient (Wildman–Crippen LogP) is 5.74. The van der Waals surface area contributed by atoms with Gasteiger partial charge in [-0.25, -0.2) is 4.98 Å². The van der Waals surface area contributed by atoms with E-state index < -0.39 is 11.6 Å². The number of hydrogen-bond acceptors (Lipinski definition) is 5. The Morgan fingerprint density at radius 2 is 1.89 bits per heavy atom. The van der Waals surface area contributed by atoms with Crippen molar-refractivity contribution in [3.63, 3.8) is 0 Å². The number of nitrogens with zero attached hydrogens (tertiary/aromatic N) is 2. The number of nitrogens with one attached hydrogen (secondary N) is 2. The molecule has 0 saturated heterocycles. The summed E-state index contributed by atoms with van der Waals surface area (Å²) < 4.78 is 7.74. The molecule has 37 heavy (non-hydrogen) atoms. The molecular weight excluding hydrogens is 484 g/mol. The average molecular weight is 527 g/mol. The topological polar surface area (TPSA) is 85.2 Å². The Balaban J connectivity index is 1.87. The van der Waals surface area contributed by atoms with E-state index in [9.17, 15) is 9.59 Å². The number of thiophene rings is 1. The van der Waals surface area contributed by atoms with E-state index in [1.807, 2.05) is 45.9 Å². The van der Waals surface area contributed by atoms with Crippen LogP contribution in [-0.2, 0) is 16.0 Å². The molecule has 0 aliphatic heterocycles. The lowest BCUT2D eigenvalue weighted by Gasteiger charge is -2.26. The standard InChI is InChI=1S/C29H42N4O3S/c1-8-21(9-2)33-25-13-12-20(16-23(25)31-26(33)17-22-11-10-14-37-22)27(34)32-24(15-19(3)4)28(35)30-18-29(5,6)36-7/h10-14,16,19,21,24H,8-9,15,17-18H2,1-7H3,(H,30,35)(H,32,34)/t24-/m0/s1. The van der Waals surface area contributed by atoms with E-state index in [4.69, 9.17) is 9.72 Å². The Labute approximate surface area is 225 Å². The highest BCUT2D eigenvalue weighted by Crippen LogP contribution is 2.28. The molecule has 3 rings (SSSR count). The number of methoxy groups -OCH3 is 1. The molecule has 0 aliphatic carbocycles. The van der Waals surface area contributed by atoms with Crippen LogP contribution in [0.3, 0.4) is 0 Å². The lowest BCUT2D eigenvalue weighted by molar-refractivity contribution is -0.124. The van der Waals surface area contributed by atoms with Gasteiger partial charge in [0.2, 0.25) is 5.91 Å². The summed E-state index contributed by atoms with van der Waals surface area (Å²) in [5.41, 5.74) is 1.86. The zero-order chi connectivity index (χ0) is 27.2. The molecule has 202 valence electrons. The van der Waals surface area contributed by atoms with Crippen LogP contribution < -0.4 is 10.6 Å². The molecule has 1 aromatic carbocycles. The monoisotopic (exact) mass is 526 g/mol. The number of aromatic nitrogens is 2. The number of carbonyl (C=O) groups is 2.